The molecule has 0 aliphatic heterocycles. The number of hydrogen-bond acceptors (Lipinski definition) is 4. The SMILES string of the molecule is CN(C)CCCN(C(=O)c1c(F)cccc1F)c1nc2ccccc2s1.Cl. The Kier molecular flexibility index (Phi) is 7.24. The Bertz CT molecular complexity index is 879. The second-order valence-electron chi connectivity index (χ2n) is 6.17. The fourth-order valence-electron chi connectivity index (χ4n) is 2.64. The minimum absolute atomic E-state index is 0. The highest BCUT2D eigenvalue weighted by Crippen LogP contribution is 2.30. The summed E-state index contributed by atoms with van der Waals surface area (Å²) in [7, 11) is 3.86. The lowest BCUT2D eigenvalue weighted by molar-refractivity contribution is 0.0978. The molecule has 0 fully saturated rings. The summed E-state index contributed by atoms with van der Waals surface area (Å²) in [5.41, 5.74) is 0.212. The van der Waals surface area contributed by atoms with E-state index < -0.39 is 23.1 Å². The van der Waals surface area contributed by atoms with Gasteiger partial charge in [-0.05, 0) is 51.3 Å². The quantitative estimate of drug-likeness (QED) is 0.595. The third-order valence-electron chi connectivity index (χ3n) is 3.92. The van der Waals surface area contributed by atoms with Crippen LogP contribution in [0.3, 0.4) is 0 Å². The van der Waals surface area contributed by atoms with Gasteiger partial charge >= 0.3 is 0 Å². The molecule has 8 heteroatoms. The number of carbonyl (C=O) groups excluding carboxylic acids is 1. The number of nitrogens with zero attached hydrogens (tertiary/aromatic N) is 3. The molecule has 2 aromatic carbocycles. The molecule has 0 aliphatic rings. The third kappa shape index (κ3) is 4.80. The minimum Gasteiger partial charge on any atom is -0.309 e. The van der Waals surface area contributed by atoms with Crippen molar-refractivity contribution in [3.05, 3.63) is 59.7 Å². The van der Waals surface area contributed by atoms with Gasteiger partial charge < -0.3 is 4.90 Å². The summed E-state index contributed by atoms with van der Waals surface area (Å²) in [5.74, 6) is -2.44. The van der Waals surface area contributed by atoms with Crippen molar-refractivity contribution in [3.8, 4) is 0 Å². The van der Waals surface area contributed by atoms with Crippen LogP contribution in [0.2, 0.25) is 0 Å². The first-order valence-corrected chi connectivity index (χ1v) is 9.05. The van der Waals surface area contributed by atoms with Gasteiger partial charge in [0.1, 0.15) is 17.2 Å². The van der Waals surface area contributed by atoms with Crippen LogP contribution in [0.1, 0.15) is 16.8 Å². The van der Waals surface area contributed by atoms with Crippen molar-refractivity contribution in [2.75, 3.05) is 32.1 Å². The van der Waals surface area contributed by atoms with Gasteiger partial charge in [0.2, 0.25) is 0 Å². The van der Waals surface area contributed by atoms with Gasteiger partial charge in [-0.25, -0.2) is 13.8 Å². The second kappa shape index (κ2) is 9.21. The van der Waals surface area contributed by atoms with Crippen LogP contribution in [-0.2, 0) is 0 Å². The van der Waals surface area contributed by atoms with Crippen LogP contribution in [0.15, 0.2) is 42.5 Å². The maximum absolute atomic E-state index is 14.1. The van der Waals surface area contributed by atoms with Crippen molar-refractivity contribution in [3.63, 3.8) is 0 Å². The van der Waals surface area contributed by atoms with E-state index in [4.69, 9.17) is 0 Å². The Labute approximate surface area is 166 Å². The van der Waals surface area contributed by atoms with Crippen molar-refractivity contribution in [1.82, 2.24) is 9.88 Å². The second-order valence-corrected chi connectivity index (χ2v) is 7.18. The van der Waals surface area contributed by atoms with Gasteiger partial charge in [-0.15, -0.1) is 12.4 Å². The van der Waals surface area contributed by atoms with Crippen LogP contribution in [0.5, 0.6) is 0 Å². The number of rotatable bonds is 6. The standard InChI is InChI=1S/C19H19F2N3OS.ClH/c1-23(2)11-6-12-24(18(25)17-13(20)7-5-8-14(17)21)19-22-15-9-3-4-10-16(15)26-19;/h3-5,7-10H,6,11-12H2,1-2H3;1H. The van der Waals surface area contributed by atoms with E-state index >= 15 is 0 Å². The first-order valence-electron chi connectivity index (χ1n) is 8.23. The highest BCUT2D eigenvalue weighted by molar-refractivity contribution is 7.22. The lowest BCUT2D eigenvalue weighted by Crippen LogP contribution is -2.34. The molecule has 0 aliphatic carbocycles. The van der Waals surface area contributed by atoms with Gasteiger partial charge in [0.25, 0.3) is 5.91 Å². The maximum atomic E-state index is 14.1. The Morgan fingerprint density at radius 1 is 1.04 bits per heavy atom. The van der Waals surface area contributed by atoms with Crippen molar-refractivity contribution < 1.29 is 13.6 Å². The lowest BCUT2D eigenvalue weighted by Gasteiger charge is -2.21. The van der Waals surface area contributed by atoms with Crippen molar-refractivity contribution >= 4 is 45.0 Å². The Balaban J connectivity index is 0.00000261. The Morgan fingerprint density at radius 3 is 2.33 bits per heavy atom. The van der Waals surface area contributed by atoms with E-state index in [0.29, 0.717) is 18.1 Å². The number of fused-ring (bicyclic) bond motifs is 1. The molecule has 1 heterocycles. The van der Waals surface area contributed by atoms with Gasteiger partial charge in [-0.3, -0.25) is 9.69 Å². The molecule has 3 aromatic rings. The van der Waals surface area contributed by atoms with Crippen molar-refractivity contribution in [2.24, 2.45) is 0 Å². The van der Waals surface area contributed by atoms with Crippen LogP contribution in [0.4, 0.5) is 13.9 Å². The molecule has 0 saturated carbocycles. The van der Waals surface area contributed by atoms with E-state index in [1.807, 2.05) is 43.3 Å². The molecule has 0 radical (unpaired) electrons. The summed E-state index contributed by atoms with van der Waals surface area (Å²) < 4.78 is 29.2. The average molecular weight is 412 g/mol. The third-order valence-corrected chi connectivity index (χ3v) is 4.98. The molecule has 4 nitrogen and oxygen atoms in total. The topological polar surface area (TPSA) is 36.4 Å². The number of anilines is 1. The maximum Gasteiger partial charge on any atom is 0.266 e. The molecule has 0 atom stereocenters. The van der Waals surface area contributed by atoms with E-state index in [0.717, 1.165) is 28.9 Å². The molecule has 0 saturated heterocycles. The number of hydrogen-bond donors (Lipinski definition) is 0. The van der Waals surface area contributed by atoms with E-state index in [1.165, 1.54) is 22.3 Å². The van der Waals surface area contributed by atoms with Crippen LogP contribution < -0.4 is 4.90 Å². The number of halogens is 3. The molecule has 1 amide bonds. The molecule has 0 bridgehead atoms. The summed E-state index contributed by atoms with van der Waals surface area (Å²) in [6, 6.07) is 10.9. The Morgan fingerprint density at radius 2 is 1.70 bits per heavy atom. The number of para-hydroxylation sites is 1. The number of aromatic nitrogens is 1. The zero-order valence-corrected chi connectivity index (χ0v) is 16.6. The lowest BCUT2D eigenvalue weighted by atomic mass is 10.1. The zero-order chi connectivity index (χ0) is 18.7. The molecule has 3 rings (SSSR count). The highest BCUT2D eigenvalue weighted by atomic mass is 35.5. The molecule has 144 valence electrons. The van der Waals surface area contributed by atoms with E-state index in [1.54, 1.807) is 0 Å². The van der Waals surface area contributed by atoms with Gasteiger partial charge in [-0.2, -0.15) is 0 Å². The average Bonchev–Trinajstić information content (AvgIpc) is 3.01. The molecule has 27 heavy (non-hydrogen) atoms. The minimum atomic E-state index is -0.867. The van der Waals surface area contributed by atoms with E-state index in [9.17, 15) is 13.6 Å². The van der Waals surface area contributed by atoms with Crippen molar-refractivity contribution in [2.45, 2.75) is 6.42 Å². The number of thiazole rings is 1. The summed E-state index contributed by atoms with van der Waals surface area (Å²) in [6.45, 7) is 1.07. The normalized spacial score (nSPS) is 10.9. The first kappa shape index (κ1) is 21.2. The fraction of sp³-hybridized carbons (Fsp3) is 0.263. The fourth-order valence-corrected chi connectivity index (χ4v) is 3.63. The molecule has 0 unspecified atom stereocenters. The largest absolute Gasteiger partial charge is 0.309 e. The summed E-state index contributed by atoms with van der Waals surface area (Å²) in [5, 5.41) is 0.442. The summed E-state index contributed by atoms with van der Waals surface area (Å²) >= 11 is 1.33. The molecule has 0 spiro atoms. The monoisotopic (exact) mass is 411 g/mol. The van der Waals surface area contributed by atoms with E-state index in [-0.39, 0.29) is 12.4 Å². The van der Waals surface area contributed by atoms with Crippen LogP contribution >= 0.6 is 23.7 Å². The summed E-state index contributed by atoms with van der Waals surface area (Å²) in [6.07, 6.45) is 0.657. The molecule has 0 N–H and O–H groups in total. The number of carbonyl (C=O) groups is 1. The molecular formula is C19H20ClF2N3OS. The predicted octanol–water partition coefficient (Wildman–Crippen LogP) is 4.59. The van der Waals surface area contributed by atoms with Crippen LogP contribution in [0.25, 0.3) is 10.2 Å². The van der Waals surface area contributed by atoms with Gasteiger partial charge in [0.05, 0.1) is 10.2 Å². The van der Waals surface area contributed by atoms with E-state index in [2.05, 4.69) is 4.98 Å². The van der Waals surface area contributed by atoms with Crippen molar-refractivity contribution in [1.29, 1.82) is 0 Å². The molecule has 1 aromatic heterocycles. The predicted molar refractivity (Wildman–Crippen MR) is 108 cm³/mol. The highest BCUT2D eigenvalue weighted by Gasteiger charge is 2.26. The van der Waals surface area contributed by atoms with Gasteiger partial charge in [0, 0.05) is 6.54 Å². The first-order chi connectivity index (χ1) is 12.5. The zero-order valence-electron chi connectivity index (χ0n) is 15.0. The summed E-state index contributed by atoms with van der Waals surface area (Å²) in [4.78, 5) is 20.8. The van der Waals surface area contributed by atoms with Gasteiger partial charge in [0.15, 0.2) is 5.13 Å². The molecular weight excluding hydrogens is 392 g/mol. The van der Waals surface area contributed by atoms with Crippen LogP contribution in [0, 0.1) is 11.6 Å². The number of benzene rings is 2. The Hall–Kier alpha value is -2.09. The van der Waals surface area contributed by atoms with Crippen LogP contribution in [-0.4, -0.2) is 43.0 Å². The van der Waals surface area contributed by atoms with Gasteiger partial charge in [-0.1, -0.05) is 29.5 Å². The smallest absolute Gasteiger partial charge is 0.266 e. The number of amides is 1.